The van der Waals surface area contributed by atoms with E-state index in [0.29, 0.717) is 28.7 Å². The van der Waals surface area contributed by atoms with Gasteiger partial charge in [0.2, 0.25) is 5.91 Å². The summed E-state index contributed by atoms with van der Waals surface area (Å²) in [7, 11) is 0. The minimum absolute atomic E-state index is 0.0915. The molecule has 0 aliphatic carbocycles. The third kappa shape index (κ3) is 3.51. The van der Waals surface area contributed by atoms with Crippen LogP contribution in [0.4, 0.5) is 0 Å². The van der Waals surface area contributed by atoms with E-state index in [1.54, 1.807) is 47.3 Å². The van der Waals surface area contributed by atoms with E-state index in [-0.39, 0.29) is 24.8 Å². The van der Waals surface area contributed by atoms with Gasteiger partial charge in [-0.3, -0.25) is 9.59 Å². The smallest absolute Gasteiger partial charge is 0.274 e. The molecule has 9 heteroatoms. The highest BCUT2D eigenvalue weighted by molar-refractivity contribution is 6.30. The second-order valence-electron chi connectivity index (χ2n) is 6.30. The Labute approximate surface area is 165 Å². The van der Waals surface area contributed by atoms with Crippen LogP contribution in [-0.4, -0.2) is 52.3 Å². The Kier molecular flexibility index (Phi) is 4.89. The molecule has 2 N–H and O–H groups in total. The molecule has 1 aromatic carbocycles. The van der Waals surface area contributed by atoms with Gasteiger partial charge in [-0.15, -0.1) is 0 Å². The van der Waals surface area contributed by atoms with E-state index >= 15 is 0 Å². The van der Waals surface area contributed by atoms with Crippen molar-refractivity contribution < 1.29 is 18.7 Å². The maximum atomic E-state index is 13.0. The molecule has 2 amide bonds. The van der Waals surface area contributed by atoms with Crippen LogP contribution in [0.1, 0.15) is 10.5 Å². The van der Waals surface area contributed by atoms with Gasteiger partial charge in [-0.1, -0.05) is 17.7 Å². The molecule has 2 aromatic heterocycles. The fraction of sp³-hybridized carbons (Fsp3) is 0.211. The van der Waals surface area contributed by atoms with Crippen LogP contribution in [0.25, 0.3) is 17.1 Å². The molecular formula is C19H17ClN4O4. The van der Waals surface area contributed by atoms with E-state index in [9.17, 15) is 9.59 Å². The first-order valence-corrected chi connectivity index (χ1v) is 9.01. The van der Waals surface area contributed by atoms with E-state index in [1.165, 1.54) is 4.90 Å². The van der Waals surface area contributed by atoms with Crippen molar-refractivity contribution in [2.45, 2.75) is 6.10 Å². The quantitative estimate of drug-likeness (QED) is 0.722. The molecule has 0 spiro atoms. The summed E-state index contributed by atoms with van der Waals surface area (Å²) in [5.74, 6) is -0.357. The maximum absolute atomic E-state index is 13.0. The third-order valence-electron chi connectivity index (χ3n) is 4.43. The predicted octanol–water partition coefficient (Wildman–Crippen LogP) is 2.11. The van der Waals surface area contributed by atoms with Gasteiger partial charge in [-0.25, -0.2) is 4.68 Å². The number of carbonyl (C=O) groups excluding carboxylic acids is 2. The second kappa shape index (κ2) is 7.49. The lowest BCUT2D eigenvalue weighted by atomic mass is 10.2. The lowest BCUT2D eigenvalue weighted by Crippen LogP contribution is -2.50. The molecule has 3 heterocycles. The zero-order chi connectivity index (χ0) is 19.7. The number of carbonyl (C=O) groups is 2. The molecule has 1 unspecified atom stereocenters. The van der Waals surface area contributed by atoms with Crippen LogP contribution in [0.5, 0.6) is 0 Å². The number of hydrogen-bond acceptors (Lipinski definition) is 5. The highest BCUT2D eigenvalue weighted by atomic mass is 35.5. The third-order valence-corrected chi connectivity index (χ3v) is 4.66. The van der Waals surface area contributed by atoms with Gasteiger partial charge in [0.25, 0.3) is 5.91 Å². The molecule has 1 saturated heterocycles. The van der Waals surface area contributed by atoms with Crippen LogP contribution in [-0.2, 0) is 9.53 Å². The van der Waals surface area contributed by atoms with Crippen molar-refractivity contribution in [3.63, 3.8) is 0 Å². The number of halogens is 1. The van der Waals surface area contributed by atoms with Crippen LogP contribution in [0.3, 0.4) is 0 Å². The molecule has 1 aliphatic rings. The summed E-state index contributed by atoms with van der Waals surface area (Å²) in [6, 6.07) is 12.3. The average molecular weight is 401 g/mol. The predicted molar refractivity (Wildman–Crippen MR) is 101 cm³/mol. The van der Waals surface area contributed by atoms with Crippen molar-refractivity contribution in [3.8, 4) is 17.1 Å². The van der Waals surface area contributed by atoms with Crippen molar-refractivity contribution in [1.82, 2.24) is 14.7 Å². The summed E-state index contributed by atoms with van der Waals surface area (Å²) < 4.78 is 12.4. The maximum Gasteiger partial charge on any atom is 0.274 e. The lowest BCUT2D eigenvalue weighted by Gasteiger charge is -2.30. The van der Waals surface area contributed by atoms with E-state index in [4.69, 9.17) is 26.5 Å². The molecule has 144 valence electrons. The molecule has 28 heavy (non-hydrogen) atoms. The monoisotopic (exact) mass is 400 g/mol. The van der Waals surface area contributed by atoms with Crippen LogP contribution in [0, 0.1) is 0 Å². The summed E-state index contributed by atoms with van der Waals surface area (Å²) in [6.45, 7) is 0.677. The number of hydrogen-bond donors (Lipinski definition) is 1. The summed E-state index contributed by atoms with van der Waals surface area (Å²) in [5, 5.41) is 5.02. The van der Waals surface area contributed by atoms with E-state index < -0.39 is 12.0 Å². The van der Waals surface area contributed by atoms with E-state index in [0.717, 1.165) is 0 Å². The van der Waals surface area contributed by atoms with Gasteiger partial charge in [-0.05, 0) is 30.3 Å². The number of aromatic nitrogens is 2. The summed E-state index contributed by atoms with van der Waals surface area (Å²) in [4.78, 5) is 25.9. The van der Waals surface area contributed by atoms with E-state index in [2.05, 4.69) is 5.10 Å². The molecule has 0 saturated carbocycles. The molecular weight excluding hydrogens is 384 g/mol. The first-order chi connectivity index (χ1) is 13.5. The fourth-order valence-corrected chi connectivity index (χ4v) is 3.24. The molecule has 0 radical (unpaired) electrons. The Morgan fingerprint density at radius 3 is 2.79 bits per heavy atom. The number of morpholine rings is 1. The molecule has 8 nitrogen and oxygen atoms in total. The first-order valence-electron chi connectivity index (χ1n) is 8.63. The molecule has 4 rings (SSSR count). The fourth-order valence-electron chi connectivity index (χ4n) is 3.06. The Morgan fingerprint density at radius 1 is 1.21 bits per heavy atom. The van der Waals surface area contributed by atoms with Crippen molar-refractivity contribution in [2.24, 2.45) is 5.73 Å². The number of nitrogens with zero attached hydrogens (tertiary/aromatic N) is 3. The number of amides is 2. The number of nitrogens with two attached hydrogens (primary N) is 1. The van der Waals surface area contributed by atoms with Crippen LogP contribution < -0.4 is 5.73 Å². The number of rotatable bonds is 4. The van der Waals surface area contributed by atoms with Crippen molar-refractivity contribution in [1.29, 1.82) is 0 Å². The van der Waals surface area contributed by atoms with Gasteiger partial charge in [-0.2, -0.15) is 5.10 Å². The number of benzene rings is 1. The first kappa shape index (κ1) is 18.3. The Bertz CT molecular complexity index is 1010. The van der Waals surface area contributed by atoms with Gasteiger partial charge < -0.3 is 19.8 Å². The minimum atomic E-state index is -0.822. The topological polar surface area (TPSA) is 104 Å². The van der Waals surface area contributed by atoms with Crippen LogP contribution in [0.2, 0.25) is 5.02 Å². The highest BCUT2D eigenvalue weighted by Crippen LogP contribution is 2.26. The van der Waals surface area contributed by atoms with Gasteiger partial charge >= 0.3 is 0 Å². The molecule has 0 bridgehead atoms. The van der Waals surface area contributed by atoms with Gasteiger partial charge in [0.1, 0.15) is 5.69 Å². The van der Waals surface area contributed by atoms with Gasteiger partial charge in [0.15, 0.2) is 17.6 Å². The number of primary amides is 1. The Hall–Kier alpha value is -3.10. The lowest BCUT2D eigenvalue weighted by molar-refractivity contribution is -0.133. The van der Waals surface area contributed by atoms with Crippen molar-refractivity contribution in [2.75, 3.05) is 19.7 Å². The zero-order valence-corrected chi connectivity index (χ0v) is 15.5. The van der Waals surface area contributed by atoms with Gasteiger partial charge in [0.05, 0.1) is 25.1 Å². The normalized spacial score (nSPS) is 16.9. The van der Waals surface area contributed by atoms with Crippen molar-refractivity contribution in [3.05, 3.63) is 59.4 Å². The van der Waals surface area contributed by atoms with Crippen LogP contribution >= 0.6 is 11.6 Å². The number of ether oxygens (including phenoxy) is 1. The summed E-state index contributed by atoms with van der Waals surface area (Å²) in [5.41, 5.74) is 6.82. The highest BCUT2D eigenvalue weighted by Gasteiger charge is 2.30. The average Bonchev–Trinajstić information content (AvgIpc) is 3.37. The summed E-state index contributed by atoms with van der Waals surface area (Å²) >= 11 is 6.11. The number of furan rings is 1. The largest absolute Gasteiger partial charge is 0.463 e. The molecule has 1 fully saturated rings. The standard InChI is InChI=1S/C19H17ClN4O4/c20-12-3-1-4-13(9-12)24-15(16-5-2-7-27-16)10-14(22-24)19(26)23-6-8-28-17(11-23)18(21)25/h1-5,7,9-10,17H,6,8,11H2,(H2,21,25). The minimum Gasteiger partial charge on any atom is -0.463 e. The zero-order valence-electron chi connectivity index (χ0n) is 14.7. The molecule has 1 atom stereocenters. The second-order valence-corrected chi connectivity index (χ2v) is 6.73. The van der Waals surface area contributed by atoms with Crippen molar-refractivity contribution >= 4 is 23.4 Å². The summed E-state index contributed by atoms with van der Waals surface area (Å²) in [6.07, 6.45) is 0.725. The SMILES string of the molecule is NC(=O)C1CN(C(=O)c2cc(-c3ccco3)n(-c3cccc(Cl)c3)n2)CCO1. The Morgan fingerprint density at radius 2 is 2.07 bits per heavy atom. The molecule has 1 aliphatic heterocycles. The Balaban J connectivity index is 1.71. The van der Waals surface area contributed by atoms with Gasteiger partial charge in [0, 0.05) is 17.6 Å². The molecule has 3 aromatic rings. The van der Waals surface area contributed by atoms with Crippen LogP contribution in [0.15, 0.2) is 53.1 Å². The van der Waals surface area contributed by atoms with E-state index in [1.807, 2.05) is 6.07 Å².